The molecule has 4 amide bonds. The standard InChI is InChI=1S/C49H74N8O6S/c1-4-6-8-9-10-11-12-13-14-15-16-17-18-21-29-56(49(62)63)30-31-64-35-42(52-36(3)59)48(61)54-41(34-58)47(60)51-32-37-25-27-38(28-26-37)33-57-43(24-7-5-2)55-44-45(57)39-22-19-20-23-40(39)53-46(44)50/h19-20,22-23,25-28,41-42,58H,4-18,21,24,29-35H2,1-3H3,(H2,50,53)(H,51,60)(H,52,59)(H,54,61)(H,62,63). The smallest absolute Gasteiger partial charge is 0.407 e. The van der Waals surface area contributed by atoms with E-state index in [0.29, 0.717) is 36.7 Å². The van der Waals surface area contributed by atoms with Gasteiger partial charge in [-0.15, -0.1) is 0 Å². The number of thioether (sulfide) groups is 1. The first-order valence-corrected chi connectivity index (χ1v) is 24.8. The average Bonchev–Trinajstić information content (AvgIpc) is 3.65. The molecule has 0 bridgehead atoms. The number of aryl methyl sites for hydroxylation is 1. The van der Waals surface area contributed by atoms with Gasteiger partial charge in [0.05, 0.1) is 17.6 Å². The number of aliphatic hydroxyl groups is 1. The second-order valence-corrected chi connectivity index (χ2v) is 18.1. The number of unbranched alkanes of at least 4 members (excludes halogenated alkanes) is 14. The van der Waals surface area contributed by atoms with Gasteiger partial charge in [-0.05, 0) is 30.0 Å². The number of para-hydroxylation sites is 1. The van der Waals surface area contributed by atoms with E-state index in [0.717, 1.165) is 71.9 Å². The van der Waals surface area contributed by atoms with E-state index in [9.17, 15) is 29.4 Å². The summed E-state index contributed by atoms with van der Waals surface area (Å²) in [7, 11) is 0. The molecule has 352 valence electrons. The molecule has 2 heterocycles. The number of amides is 4. The zero-order chi connectivity index (χ0) is 46.1. The van der Waals surface area contributed by atoms with E-state index in [4.69, 9.17) is 10.7 Å². The highest BCUT2D eigenvalue weighted by Crippen LogP contribution is 2.30. The number of nitrogens with one attached hydrogen (secondary N) is 3. The third-order valence-electron chi connectivity index (χ3n) is 11.6. The lowest BCUT2D eigenvalue weighted by Crippen LogP contribution is -2.55. The second-order valence-electron chi connectivity index (χ2n) is 16.9. The number of aliphatic hydroxyl groups excluding tert-OH is 1. The number of hydrogen-bond donors (Lipinski definition) is 6. The van der Waals surface area contributed by atoms with Gasteiger partial charge in [-0.3, -0.25) is 14.4 Å². The molecule has 0 radical (unpaired) electrons. The van der Waals surface area contributed by atoms with Crippen LogP contribution in [0.5, 0.6) is 0 Å². The predicted molar refractivity (Wildman–Crippen MR) is 259 cm³/mol. The van der Waals surface area contributed by atoms with Crippen LogP contribution in [0.25, 0.3) is 21.9 Å². The number of nitrogens with two attached hydrogens (primary N) is 1. The first-order valence-electron chi connectivity index (χ1n) is 23.7. The molecule has 14 nitrogen and oxygen atoms in total. The van der Waals surface area contributed by atoms with Gasteiger partial charge in [-0.25, -0.2) is 14.8 Å². The van der Waals surface area contributed by atoms with Crippen LogP contribution in [0.4, 0.5) is 10.6 Å². The normalized spacial score (nSPS) is 12.3. The van der Waals surface area contributed by atoms with E-state index in [-0.39, 0.29) is 12.3 Å². The lowest BCUT2D eigenvalue weighted by molar-refractivity contribution is -0.132. The van der Waals surface area contributed by atoms with Crippen LogP contribution in [0.3, 0.4) is 0 Å². The van der Waals surface area contributed by atoms with Crippen LogP contribution >= 0.6 is 11.8 Å². The number of anilines is 1. The molecule has 0 aliphatic rings. The van der Waals surface area contributed by atoms with Gasteiger partial charge >= 0.3 is 6.09 Å². The number of carbonyl (C=O) groups excluding carboxylic acids is 3. The lowest BCUT2D eigenvalue weighted by atomic mass is 10.0. The molecule has 15 heteroatoms. The van der Waals surface area contributed by atoms with Crippen molar-refractivity contribution >= 4 is 63.3 Å². The third kappa shape index (κ3) is 17.2. The lowest BCUT2D eigenvalue weighted by Gasteiger charge is -2.22. The molecular weight excluding hydrogens is 829 g/mol. The Morgan fingerprint density at radius 3 is 1.97 bits per heavy atom. The third-order valence-corrected chi connectivity index (χ3v) is 12.7. The van der Waals surface area contributed by atoms with E-state index in [1.54, 1.807) is 0 Å². The summed E-state index contributed by atoms with van der Waals surface area (Å²) in [6.07, 6.45) is 19.1. The minimum absolute atomic E-state index is 0.165. The van der Waals surface area contributed by atoms with Gasteiger partial charge in [-0.2, -0.15) is 11.8 Å². The summed E-state index contributed by atoms with van der Waals surface area (Å²) in [5.41, 5.74) is 10.7. The number of pyridine rings is 1. The summed E-state index contributed by atoms with van der Waals surface area (Å²) >= 11 is 1.34. The zero-order valence-corrected chi connectivity index (χ0v) is 39.4. The summed E-state index contributed by atoms with van der Waals surface area (Å²) < 4.78 is 2.22. The van der Waals surface area contributed by atoms with Crippen molar-refractivity contribution in [1.29, 1.82) is 0 Å². The quantitative estimate of drug-likeness (QED) is 0.0259. The Balaban J connectivity index is 1.20. The Kier molecular flexibility index (Phi) is 23.3. The van der Waals surface area contributed by atoms with Crippen molar-refractivity contribution < 1.29 is 29.4 Å². The van der Waals surface area contributed by atoms with Gasteiger partial charge in [0.25, 0.3) is 0 Å². The van der Waals surface area contributed by atoms with Gasteiger partial charge in [0.1, 0.15) is 23.4 Å². The van der Waals surface area contributed by atoms with Crippen molar-refractivity contribution in [2.75, 3.05) is 36.9 Å². The van der Waals surface area contributed by atoms with Crippen LogP contribution in [0.15, 0.2) is 48.5 Å². The molecule has 0 fully saturated rings. The molecule has 0 saturated heterocycles. The van der Waals surface area contributed by atoms with E-state index in [1.165, 1.54) is 94.2 Å². The molecular formula is C49H74N8O6S. The number of imidazole rings is 1. The van der Waals surface area contributed by atoms with Gasteiger partial charge < -0.3 is 41.4 Å². The van der Waals surface area contributed by atoms with Crippen molar-refractivity contribution in [2.24, 2.45) is 0 Å². The van der Waals surface area contributed by atoms with E-state index in [1.807, 2.05) is 48.5 Å². The fourth-order valence-electron chi connectivity index (χ4n) is 7.93. The van der Waals surface area contributed by atoms with Gasteiger partial charge in [0.15, 0.2) is 5.82 Å². The van der Waals surface area contributed by atoms with Crippen LogP contribution in [0.1, 0.15) is 140 Å². The number of carbonyl (C=O) groups is 4. The van der Waals surface area contributed by atoms with Crippen LogP contribution < -0.4 is 21.7 Å². The topological polar surface area (TPSA) is 205 Å². The summed E-state index contributed by atoms with van der Waals surface area (Å²) in [6, 6.07) is 13.5. The average molecular weight is 903 g/mol. The fourth-order valence-corrected chi connectivity index (χ4v) is 8.92. The SMILES string of the molecule is CCCCCCCCCCCCCCCCN(CCSCC(NC(C)=O)C(=O)NC(CO)C(=O)NCc1ccc(Cn2c(CCCC)nc3c(N)nc4ccccc4c32)cc1)C(=O)O. The number of fused-ring (bicyclic) bond motifs is 3. The van der Waals surface area contributed by atoms with Crippen LogP contribution in [-0.4, -0.2) is 96.7 Å². The van der Waals surface area contributed by atoms with Crippen molar-refractivity contribution in [3.05, 3.63) is 65.5 Å². The highest BCUT2D eigenvalue weighted by Gasteiger charge is 2.26. The minimum Gasteiger partial charge on any atom is -0.465 e. The number of benzene rings is 2. The van der Waals surface area contributed by atoms with Gasteiger partial charge in [-0.1, -0.05) is 146 Å². The zero-order valence-electron chi connectivity index (χ0n) is 38.5. The van der Waals surface area contributed by atoms with Crippen LogP contribution in [0.2, 0.25) is 0 Å². The number of rotatable bonds is 32. The molecule has 2 unspecified atom stereocenters. The Labute approximate surface area is 384 Å². The fraction of sp³-hybridized carbons (Fsp3) is 0.592. The predicted octanol–water partition coefficient (Wildman–Crippen LogP) is 8.35. The highest BCUT2D eigenvalue weighted by atomic mass is 32.2. The van der Waals surface area contributed by atoms with Crippen molar-refractivity contribution in [1.82, 2.24) is 35.4 Å². The van der Waals surface area contributed by atoms with E-state index < -0.39 is 42.5 Å². The maximum Gasteiger partial charge on any atom is 0.407 e. The van der Waals surface area contributed by atoms with Crippen LogP contribution in [-0.2, 0) is 33.9 Å². The molecule has 7 N–H and O–H groups in total. The molecule has 4 aromatic rings. The molecule has 2 aromatic heterocycles. The highest BCUT2D eigenvalue weighted by molar-refractivity contribution is 7.99. The van der Waals surface area contributed by atoms with Gasteiger partial charge in [0, 0.05) is 56.4 Å². The monoisotopic (exact) mass is 903 g/mol. The first-order chi connectivity index (χ1) is 31.1. The molecule has 0 aliphatic carbocycles. The maximum absolute atomic E-state index is 13.3. The second kappa shape index (κ2) is 28.8. The Hall–Kier alpha value is -4.89. The number of aromatic nitrogens is 3. The van der Waals surface area contributed by atoms with E-state index >= 15 is 0 Å². The van der Waals surface area contributed by atoms with Crippen molar-refractivity contribution in [2.45, 2.75) is 155 Å². The van der Waals surface area contributed by atoms with Gasteiger partial charge in [0.2, 0.25) is 17.7 Å². The summed E-state index contributed by atoms with van der Waals surface area (Å²) in [6.45, 7) is 6.53. The molecule has 2 atom stereocenters. The first kappa shape index (κ1) is 51.7. The Morgan fingerprint density at radius 2 is 1.36 bits per heavy atom. The largest absolute Gasteiger partial charge is 0.465 e. The maximum atomic E-state index is 13.3. The van der Waals surface area contributed by atoms with E-state index in [2.05, 4.69) is 39.3 Å². The minimum atomic E-state index is -1.24. The summed E-state index contributed by atoms with van der Waals surface area (Å²) in [4.78, 5) is 61.3. The number of carboxylic acid groups (broad SMARTS) is 1. The number of nitrogens with zero attached hydrogens (tertiary/aromatic N) is 4. The van der Waals surface area contributed by atoms with Crippen molar-refractivity contribution in [3.63, 3.8) is 0 Å². The summed E-state index contributed by atoms with van der Waals surface area (Å²) in [5.74, 6) is 0.339. The Morgan fingerprint density at radius 1 is 0.750 bits per heavy atom. The Bertz CT molecular complexity index is 2040. The molecule has 0 spiro atoms. The number of hydrogen-bond acceptors (Lipinski definition) is 9. The molecule has 0 aliphatic heterocycles. The summed E-state index contributed by atoms with van der Waals surface area (Å²) in [5, 5.41) is 28.8. The number of nitrogen functional groups attached to an aromatic ring is 1. The molecule has 64 heavy (non-hydrogen) atoms. The van der Waals surface area contributed by atoms with Crippen molar-refractivity contribution in [3.8, 4) is 0 Å². The van der Waals surface area contributed by atoms with Crippen LogP contribution in [0, 0.1) is 0 Å². The molecule has 4 rings (SSSR count). The molecule has 2 aromatic carbocycles. The molecule has 0 saturated carbocycles.